The zero-order valence-corrected chi connectivity index (χ0v) is 8.58. The standard InChI is InChI=1S/C8H9NO.C3H8/c1-2-8(10)7-3-5-9-6-4-7;1-3-2/h3-6H,2H2,1H3;3H2,1-2H3. The molecule has 2 nitrogen and oxygen atoms in total. The van der Waals surface area contributed by atoms with E-state index < -0.39 is 0 Å². The first-order valence-corrected chi connectivity index (χ1v) is 4.69. The van der Waals surface area contributed by atoms with Gasteiger partial charge in [0.2, 0.25) is 0 Å². The summed E-state index contributed by atoms with van der Waals surface area (Å²) in [4.78, 5) is 14.8. The number of Topliss-reactive ketones (excluding diaryl/α,β-unsaturated/α-hetero) is 1. The second kappa shape index (κ2) is 7.47. The van der Waals surface area contributed by atoms with Gasteiger partial charge in [0, 0.05) is 24.4 Å². The van der Waals surface area contributed by atoms with Crippen LogP contribution < -0.4 is 0 Å². The zero-order valence-electron chi connectivity index (χ0n) is 8.58. The van der Waals surface area contributed by atoms with E-state index in [1.54, 1.807) is 24.5 Å². The number of carbonyl (C=O) groups is 1. The van der Waals surface area contributed by atoms with Crippen LogP contribution in [-0.4, -0.2) is 10.8 Å². The number of ketones is 1. The highest BCUT2D eigenvalue weighted by atomic mass is 16.1. The number of hydrogen-bond acceptors (Lipinski definition) is 2. The molecule has 0 spiro atoms. The van der Waals surface area contributed by atoms with Gasteiger partial charge in [-0.25, -0.2) is 0 Å². The molecule has 1 rings (SSSR count). The molecule has 0 aliphatic rings. The fourth-order valence-corrected chi connectivity index (χ4v) is 0.742. The van der Waals surface area contributed by atoms with Crippen LogP contribution in [0.15, 0.2) is 24.5 Å². The van der Waals surface area contributed by atoms with Crippen molar-refractivity contribution in [1.82, 2.24) is 4.98 Å². The summed E-state index contributed by atoms with van der Waals surface area (Å²) in [5, 5.41) is 0. The van der Waals surface area contributed by atoms with E-state index in [4.69, 9.17) is 0 Å². The lowest BCUT2D eigenvalue weighted by Gasteiger charge is -1.93. The second-order valence-corrected chi connectivity index (χ2v) is 2.72. The summed E-state index contributed by atoms with van der Waals surface area (Å²) in [6.45, 7) is 6.10. The molecule has 72 valence electrons. The molecule has 0 saturated carbocycles. The van der Waals surface area contributed by atoms with E-state index >= 15 is 0 Å². The van der Waals surface area contributed by atoms with Crippen LogP contribution in [0.3, 0.4) is 0 Å². The largest absolute Gasteiger partial charge is 0.294 e. The van der Waals surface area contributed by atoms with E-state index in [2.05, 4.69) is 18.8 Å². The molecule has 0 bridgehead atoms. The van der Waals surface area contributed by atoms with Crippen molar-refractivity contribution >= 4 is 5.78 Å². The van der Waals surface area contributed by atoms with Gasteiger partial charge in [0.25, 0.3) is 0 Å². The van der Waals surface area contributed by atoms with Crippen LogP contribution >= 0.6 is 0 Å². The Morgan fingerprint density at radius 2 is 1.69 bits per heavy atom. The van der Waals surface area contributed by atoms with Crippen LogP contribution in [0, 0.1) is 0 Å². The summed E-state index contributed by atoms with van der Waals surface area (Å²) in [7, 11) is 0. The maximum atomic E-state index is 11.0. The smallest absolute Gasteiger partial charge is 0.162 e. The molecule has 2 heteroatoms. The summed E-state index contributed by atoms with van der Waals surface area (Å²) < 4.78 is 0. The Morgan fingerprint density at radius 1 is 1.23 bits per heavy atom. The molecule has 0 atom stereocenters. The number of rotatable bonds is 2. The van der Waals surface area contributed by atoms with Crippen LogP contribution in [-0.2, 0) is 0 Å². The number of pyridine rings is 1. The van der Waals surface area contributed by atoms with Gasteiger partial charge in [-0.2, -0.15) is 0 Å². The van der Waals surface area contributed by atoms with E-state index in [0.717, 1.165) is 5.56 Å². The van der Waals surface area contributed by atoms with Gasteiger partial charge in [0.05, 0.1) is 0 Å². The normalized spacial score (nSPS) is 8.54. The lowest BCUT2D eigenvalue weighted by atomic mass is 10.1. The van der Waals surface area contributed by atoms with Gasteiger partial charge in [-0.1, -0.05) is 27.2 Å². The molecule has 1 aromatic rings. The Bertz CT molecular complexity index is 231. The van der Waals surface area contributed by atoms with Crippen LogP contribution in [0.5, 0.6) is 0 Å². The van der Waals surface area contributed by atoms with E-state index in [1.165, 1.54) is 6.42 Å². The monoisotopic (exact) mass is 179 g/mol. The first-order valence-electron chi connectivity index (χ1n) is 4.69. The third-order valence-corrected chi connectivity index (χ3v) is 1.32. The molecular weight excluding hydrogens is 162 g/mol. The fourth-order valence-electron chi connectivity index (χ4n) is 0.742. The molecule has 0 amide bonds. The highest BCUT2D eigenvalue weighted by Crippen LogP contribution is 1.99. The van der Waals surface area contributed by atoms with Crippen molar-refractivity contribution in [3.8, 4) is 0 Å². The highest BCUT2D eigenvalue weighted by molar-refractivity contribution is 5.95. The molecule has 0 N–H and O–H groups in total. The number of hydrogen-bond donors (Lipinski definition) is 0. The van der Waals surface area contributed by atoms with Gasteiger partial charge in [0.1, 0.15) is 0 Å². The zero-order chi connectivity index (χ0) is 10.1. The SMILES string of the molecule is CCC.CCC(=O)c1ccncc1. The lowest BCUT2D eigenvalue weighted by Crippen LogP contribution is -1.95. The Kier molecular flexibility index (Phi) is 6.79. The molecule has 1 heterocycles. The quantitative estimate of drug-likeness (QED) is 0.653. The Labute approximate surface area is 80.0 Å². The number of aromatic nitrogens is 1. The number of carbonyl (C=O) groups excluding carboxylic acids is 1. The van der Waals surface area contributed by atoms with Crippen LogP contribution in [0.1, 0.15) is 44.0 Å². The summed E-state index contributed by atoms with van der Waals surface area (Å²) >= 11 is 0. The van der Waals surface area contributed by atoms with E-state index in [-0.39, 0.29) is 5.78 Å². The lowest BCUT2D eigenvalue weighted by molar-refractivity contribution is 0.0988. The van der Waals surface area contributed by atoms with Crippen molar-refractivity contribution in [2.45, 2.75) is 33.6 Å². The summed E-state index contributed by atoms with van der Waals surface area (Å²) in [5.74, 6) is 0.169. The van der Waals surface area contributed by atoms with Gasteiger partial charge < -0.3 is 0 Å². The maximum absolute atomic E-state index is 11.0. The number of nitrogens with zero attached hydrogens (tertiary/aromatic N) is 1. The molecule has 1 aromatic heterocycles. The Balaban J connectivity index is 0.000000424. The van der Waals surface area contributed by atoms with Crippen LogP contribution in [0.4, 0.5) is 0 Å². The average molecular weight is 179 g/mol. The minimum absolute atomic E-state index is 0.169. The van der Waals surface area contributed by atoms with Gasteiger partial charge in [-0.05, 0) is 12.1 Å². The first-order chi connectivity index (χ1) is 6.26. The van der Waals surface area contributed by atoms with E-state index in [0.29, 0.717) is 6.42 Å². The van der Waals surface area contributed by atoms with Crippen molar-refractivity contribution in [1.29, 1.82) is 0 Å². The van der Waals surface area contributed by atoms with Crippen molar-refractivity contribution < 1.29 is 4.79 Å². The predicted molar refractivity (Wildman–Crippen MR) is 54.8 cm³/mol. The third kappa shape index (κ3) is 5.12. The summed E-state index contributed by atoms with van der Waals surface area (Å²) in [5.41, 5.74) is 0.748. The minimum Gasteiger partial charge on any atom is -0.294 e. The van der Waals surface area contributed by atoms with E-state index in [9.17, 15) is 4.79 Å². The summed E-state index contributed by atoms with van der Waals surface area (Å²) in [6, 6.07) is 3.46. The first kappa shape index (κ1) is 11.8. The third-order valence-electron chi connectivity index (χ3n) is 1.32. The predicted octanol–water partition coefficient (Wildman–Crippen LogP) is 3.09. The van der Waals surface area contributed by atoms with Gasteiger partial charge in [-0.3, -0.25) is 9.78 Å². The Hall–Kier alpha value is -1.18. The average Bonchev–Trinajstić information content (AvgIpc) is 2.19. The Morgan fingerprint density at radius 3 is 2.08 bits per heavy atom. The van der Waals surface area contributed by atoms with Gasteiger partial charge >= 0.3 is 0 Å². The molecule has 0 radical (unpaired) electrons. The van der Waals surface area contributed by atoms with E-state index in [1.807, 2.05) is 6.92 Å². The maximum Gasteiger partial charge on any atom is 0.162 e. The molecule has 0 aromatic carbocycles. The van der Waals surface area contributed by atoms with Crippen LogP contribution in [0.25, 0.3) is 0 Å². The van der Waals surface area contributed by atoms with Gasteiger partial charge in [-0.15, -0.1) is 0 Å². The molecule has 0 fully saturated rings. The molecule has 0 aliphatic carbocycles. The highest BCUT2D eigenvalue weighted by Gasteiger charge is 1.98. The van der Waals surface area contributed by atoms with Crippen molar-refractivity contribution in [3.05, 3.63) is 30.1 Å². The van der Waals surface area contributed by atoms with Crippen LogP contribution in [0.2, 0.25) is 0 Å². The second-order valence-electron chi connectivity index (χ2n) is 2.72. The van der Waals surface area contributed by atoms with Crippen molar-refractivity contribution in [3.63, 3.8) is 0 Å². The van der Waals surface area contributed by atoms with Crippen molar-refractivity contribution in [2.75, 3.05) is 0 Å². The molecule has 0 unspecified atom stereocenters. The molecular formula is C11H17NO. The van der Waals surface area contributed by atoms with Crippen molar-refractivity contribution in [2.24, 2.45) is 0 Å². The topological polar surface area (TPSA) is 30.0 Å². The molecule has 0 aliphatic heterocycles. The summed E-state index contributed by atoms with van der Waals surface area (Å²) in [6.07, 6.45) is 5.07. The molecule has 13 heavy (non-hydrogen) atoms. The minimum atomic E-state index is 0.169. The van der Waals surface area contributed by atoms with Gasteiger partial charge in [0.15, 0.2) is 5.78 Å². The molecule has 0 saturated heterocycles. The fraction of sp³-hybridized carbons (Fsp3) is 0.455.